The molecule has 1 fully saturated rings. The molecule has 1 aliphatic rings. The predicted molar refractivity (Wildman–Crippen MR) is 126 cm³/mol. The summed E-state index contributed by atoms with van der Waals surface area (Å²) in [7, 11) is 1.79. The number of rotatable bonds is 4. The van der Waals surface area contributed by atoms with Crippen LogP contribution in [0.25, 0.3) is 22.3 Å². The summed E-state index contributed by atoms with van der Waals surface area (Å²) >= 11 is 6.50. The highest BCUT2D eigenvalue weighted by Gasteiger charge is 2.45. The molecular formula is C24H27ClN2O5. The number of aromatic hydroxyl groups is 2. The molecule has 0 amide bonds. The second kappa shape index (κ2) is 7.99. The van der Waals surface area contributed by atoms with Gasteiger partial charge in [0, 0.05) is 47.5 Å². The highest BCUT2D eigenvalue weighted by molar-refractivity contribution is 6.33. The van der Waals surface area contributed by atoms with Crippen molar-refractivity contribution in [1.82, 2.24) is 4.90 Å². The minimum Gasteiger partial charge on any atom is -0.507 e. The number of fused-ring (bicyclic) bond motifs is 1. The van der Waals surface area contributed by atoms with Gasteiger partial charge in [0.1, 0.15) is 34.0 Å². The van der Waals surface area contributed by atoms with E-state index >= 15 is 0 Å². The molecule has 4 rings (SSSR count). The fourth-order valence-electron chi connectivity index (χ4n) is 4.44. The molecule has 1 aliphatic heterocycles. The first-order valence-corrected chi connectivity index (χ1v) is 10.9. The number of aliphatic hydroxyl groups is 1. The second-order valence-electron chi connectivity index (χ2n) is 8.86. The monoisotopic (exact) mass is 458 g/mol. The second-order valence-corrected chi connectivity index (χ2v) is 9.27. The molecule has 2 unspecified atom stereocenters. The van der Waals surface area contributed by atoms with Crippen LogP contribution in [0.5, 0.6) is 11.5 Å². The Morgan fingerprint density at radius 3 is 2.53 bits per heavy atom. The van der Waals surface area contributed by atoms with E-state index in [1.54, 1.807) is 31.0 Å². The Morgan fingerprint density at radius 1 is 1.22 bits per heavy atom. The summed E-state index contributed by atoms with van der Waals surface area (Å²) in [6.45, 7) is 6.28. The first-order valence-electron chi connectivity index (χ1n) is 10.5. The molecule has 3 aromatic rings. The minimum atomic E-state index is -1.27. The lowest BCUT2D eigenvalue weighted by atomic mass is 9.87. The molecule has 32 heavy (non-hydrogen) atoms. The zero-order chi connectivity index (χ0) is 23.4. The Hall–Kier alpha value is -2.74. The largest absolute Gasteiger partial charge is 0.507 e. The highest BCUT2D eigenvalue weighted by atomic mass is 35.5. The summed E-state index contributed by atoms with van der Waals surface area (Å²) < 4.78 is 6.11. The van der Waals surface area contributed by atoms with Gasteiger partial charge in [-0.1, -0.05) is 11.6 Å². The van der Waals surface area contributed by atoms with Gasteiger partial charge in [-0.15, -0.1) is 0 Å². The van der Waals surface area contributed by atoms with Crippen molar-refractivity contribution in [3.8, 4) is 22.8 Å². The fourth-order valence-corrected chi connectivity index (χ4v) is 4.71. The molecule has 0 saturated carbocycles. The van der Waals surface area contributed by atoms with E-state index in [0.717, 1.165) is 11.8 Å². The van der Waals surface area contributed by atoms with E-state index in [-0.39, 0.29) is 34.3 Å². The fraction of sp³-hybridized carbons (Fsp3) is 0.375. The molecular weight excluding hydrogens is 432 g/mol. The molecule has 1 saturated heterocycles. The lowest BCUT2D eigenvalue weighted by molar-refractivity contribution is -0.0627. The molecule has 7 nitrogen and oxygen atoms in total. The molecule has 0 bridgehead atoms. The minimum absolute atomic E-state index is 0.0406. The average molecular weight is 459 g/mol. The van der Waals surface area contributed by atoms with Gasteiger partial charge in [0.25, 0.3) is 0 Å². The average Bonchev–Trinajstić information content (AvgIpc) is 2.94. The third kappa shape index (κ3) is 3.70. The van der Waals surface area contributed by atoms with Gasteiger partial charge in [-0.2, -0.15) is 0 Å². The maximum atomic E-state index is 13.0. The van der Waals surface area contributed by atoms with Crippen LogP contribution in [-0.4, -0.2) is 45.6 Å². The third-order valence-electron chi connectivity index (χ3n) is 6.22. The number of phenols is 2. The van der Waals surface area contributed by atoms with Crippen molar-refractivity contribution in [2.24, 2.45) is 0 Å². The lowest BCUT2D eigenvalue weighted by Gasteiger charge is -2.32. The van der Waals surface area contributed by atoms with Crippen molar-refractivity contribution in [1.29, 1.82) is 0 Å². The Morgan fingerprint density at radius 2 is 1.94 bits per heavy atom. The first-order chi connectivity index (χ1) is 15.0. The Kier molecular flexibility index (Phi) is 5.61. The zero-order valence-corrected chi connectivity index (χ0v) is 19.2. The van der Waals surface area contributed by atoms with Crippen molar-refractivity contribution in [3.05, 3.63) is 51.1 Å². The number of nitrogens with zero attached hydrogens (tertiary/aromatic N) is 1. The van der Waals surface area contributed by atoms with E-state index in [1.165, 1.54) is 6.07 Å². The molecule has 4 N–H and O–H groups in total. The van der Waals surface area contributed by atoms with Crippen LogP contribution < -0.4 is 10.7 Å². The van der Waals surface area contributed by atoms with Gasteiger partial charge in [-0.3, -0.25) is 9.69 Å². The molecule has 170 valence electrons. The zero-order valence-electron chi connectivity index (χ0n) is 18.4. The summed E-state index contributed by atoms with van der Waals surface area (Å²) in [6, 6.07) is 7.96. The predicted octanol–water partition coefficient (Wildman–Crippen LogP) is 4.47. The topological polar surface area (TPSA) is 106 Å². The molecule has 0 spiro atoms. The van der Waals surface area contributed by atoms with Crippen LogP contribution in [0.3, 0.4) is 0 Å². The van der Waals surface area contributed by atoms with Crippen LogP contribution >= 0.6 is 11.6 Å². The Bertz CT molecular complexity index is 1250. The normalized spacial score (nSPS) is 21.5. The van der Waals surface area contributed by atoms with Gasteiger partial charge in [-0.25, -0.2) is 0 Å². The Balaban J connectivity index is 1.94. The molecule has 2 aromatic carbocycles. The molecule has 2 atom stereocenters. The van der Waals surface area contributed by atoms with Gasteiger partial charge in [-0.05, 0) is 52.4 Å². The summed E-state index contributed by atoms with van der Waals surface area (Å²) in [4.78, 5) is 14.8. The van der Waals surface area contributed by atoms with Gasteiger partial charge >= 0.3 is 0 Å². The standard InChI is InChI=1S/C24H27ClN2O5/c1-12(2)26-13-5-6-14(16(25)9-13)20-11-19(30)22-18(29)10-17(28)21(23(22)32-20)15-7-8-27(4)24(15,3)31/h5-6,9-12,15,26,28-29,31H,7-8H2,1-4H3. The van der Waals surface area contributed by atoms with Crippen LogP contribution in [0.1, 0.15) is 38.7 Å². The van der Waals surface area contributed by atoms with E-state index in [0.29, 0.717) is 29.1 Å². The number of nitrogens with one attached hydrogen (secondary N) is 1. The van der Waals surface area contributed by atoms with Crippen molar-refractivity contribution in [2.45, 2.75) is 44.9 Å². The van der Waals surface area contributed by atoms with E-state index < -0.39 is 17.1 Å². The smallest absolute Gasteiger partial charge is 0.197 e. The van der Waals surface area contributed by atoms with Crippen LogP contribution in [0.4, 0.5) is 5.69 Å². The summed E-state index contributed by atoms with van der Waals surface area (Å²) in [5.74, 6) is -0.934. The number of likely N-dealkylation sites (N-methyl/N-ethyl adjacent to an activating group) is 1. The number of phenolic OH excluding ortho intramolecular Hbond substituents is 2. The maximum Gasteiger partial charge on any atom is 0.197 e. The summed E-state index contributed by atoms with van der Waals surface area (Å²) in [5.41, 5.74) is -0.0580. The molecule has 2 heterocycles. The maximum absolute atomic E-state index is 13.0. The third-order valence-corrected chi connectivity index (χ3v) is 6.54. The van der Waals surface area contributed by atoms with Crippen LogP contribution in [-0.2, 0) is 0 Å². The van der Waals surface area contributed by atoms with E-state index in [1.807, 2.05) is 19.9 Å². The molecule has 1 aromatic heterocycles. The van der Waals surface area contributed by atoms with E-state index in [9.17, 15) is 20.1 Å². The van der Waals surface area contributed by atoms with Gasteiger partial charge in [0.05, 0.1) is 5.02 Å². The van der Waals surface area contributed by atoms with Crippen molar-refractivity contribution in [3.63, 3.8) is 0 Å². The molecule has 0 radical (unpaired) electrons. The van der Waals surface area contributed by atoms with Crippen LogP contribution in [0.2, 0.25) is 5.02 Å². The Labute approximate surface area is 190 Å². The van der Waals surface area contributed by atoms with Gasteiger partial charge in [0.2, 0.25) is 0 Å². The van der Waals surface area contributed by atoms with Crippen LogP contribution in [0.15, 0.2) is 39.5 Å². The van der Waals surface area contributed by atoms with Crippen molar-refractivity contribution in [2.75, 3.05) is 18.9 Å². The quantitative estimate of drug-likeness (QED) is 0.457. The number of hydrogen-bond donors (Lipinski definition) is 4. The summed E-state index contributed by atoms with van der Waals surface area (Å²) in [6.07, 6.45) is 0.543. The van der Waals surface area contributed by atoms with Crippen molar-refractivity contribution >= 4 is 28.3 Å². The van der Waals surface area contributed by atoms with Gasteiger partial charge < -0.3 is 25.1 Å². The highest BCUT2D eigenvalue weighted by Crippen LogP contribution is 2.47. The van der Waals surface area contributed by atoms with E-state index in [2.05, 4.69) is 5.32 Å². The number of hydrogen-bond acceptors (Lipinski definition) is 7. The van der Waals surface area contributed by atoms with Crippen molar-refractivity contribution < 1.29 is 19.7 Å². The van der Waals surface area contributed by atoms with Gasteiger partial charge in [0.15, 0.2) is 5.43 Å². The molecule has 8 heteroatoms. The number of benzene rings is 2. The number of halogens is 1. The summed E-state index contributed by atoms with van der Waals surface area (Å²) in [5, 5.41) is 35.7. The first kappa shape index (κ1) is 22.5. The lowest BCUT2D eigenvalue weighted by Crippen LogP contribution is -2.41. The number of likely N-dealkylation sites (tertiary alicyclic amines) is 1. The van der Waals surface area contributed by atoms with E-state index in [4.69, 9.17) is 16.0 Å². The number of anilines is 1. The SMILES string of the molecule is CC(C)Nc1ccc(-c2cc(=O)c3c(O)cc(O)c(C4CCN(C)C4(C)O)c3o2)c(Cl)c1. The molecule has 0 aliphatic carbocycles. The van der Waals surface area contributed by atoms with Crippen LogP contribution in [0, 0.1) is 0 Å².